The number of ether oxygens (including phenoxy) is 1. The molecule has 19 heavy (non-hydrogen) atoms. The summed E-state index contributed by atoms with van der Waals surface area (Å²) in [5.41, 5.74) is 0.690. The third-order valence-electron chi connectivity index (χ3n) is 2.81. The standard InChI is InChI=1S/C14H19NO4/c1-9(2)11(14(17)18)15-13(16)12(19-3)10-7-5-4-6-8-10/h4-9,11-12H,1-3H3,(H,15,16)(H,17,18)/t11-,12+/m1/s1. The zero-order chi connectivity index (χ0) is 14.4. The quantitative estimate of drug-likeness (QED) is 0.819. The molecule has 0 heterocycles. The number of amides is 1. The smallest absolute Gasteiger partial charge is 0.326 e. The molecule has 0 spiro atoms. The molecular weight excluding hydrogens is 246 g/mol. The van der Waals surface area contributed by atoms with E-state index in [2.05, 4.69) is 5.32 Å². The monoisotopic (exact) mass is 265 g/mol. The van der Waals surface area contributed by atoms with Crippen LogP contribution in [0.3, 0.4) is 0 Å². The fraction of sp³-hybridized carbons (Fsp3) is 0.429. The molecule has 5 heteroatoms. The van der Waals surface area contributed by atoms with E-state index in [1.807, 2.05) is 6.07 Å². The number of nitrogens with one attached hydrogen (secondary N) is 1. The number of rotatable bonds is 6. The highest BCUT2D eigenvalue weighted by molar-refractivity contribution is 5.87. The second-order valence-corrected chi connectivity index (χ2v) is 4.59. The third-order valence-corrected chi connectivity index (χ3v) is 2.81. The van der Waals surface area contributed by atoms with Gasteiger partial charge in [-0.15, -0.1) is 0 Å². The highest BCUT2D eigenvalue weighted by atomic mass is 16.5. The van der Waals surface area contributed by atoms with E-state index in [0.29, 0.717) is 5.56 Å². The van der Waals surface area contributed by atoms with Crippen molar-refractivity contribution in [1.29, 1.82) is 0 Å². The molecule has 0 aliphatic heterocycles. The van der Waals surface area contributed by atoms with E-state index in [1.165, 1.54) is 7.11 Å². The fourth-order valence-electron chi connectivity index (χ4n) is 1.76. The van der Waals surface area contributed by atoms with E-state index in [1.54, 1.807) is 38.1 Å². The second kappa shape index (κ2) is 6.89. The van der Waals surface area contributed by atoms with Crippen LogP contribution >= 0.6 is 0 Å². The Labute approximate surface area is 112 Å². The fourth-order valence-corrected chi connectivity index (χ4v) is 1.76. The van der Waals surface area contributed by atoms with Crippen molar-refractivity contribution in [3.63, 3.8) is 0 Å². The lowest BCUT2D eigenvalue weighted by Gasteiger charge is -2.21. The molecule has 2 atom stereocenters. The molecule has 0 aliphatic carbocycles. The van der Waals surface area contributed by atoms with Gasteiger partial charge in [0.1, 0.15) is 6.04 Å². The van der Waals surface area contributed by atoms with Gasteiger partial charge in [-0.1, -0.05) is 44.2 Å². The summed E-state index contributed by atoms with van der Waals surface area (Å²) in [6, 6.07) is 8.03. The molecule has 0 aromatic heterocycles. The molecule has 1 aromatic rings. The first-order valence-corrected chi connectivity index (χ1v) is 6.08. The van der Waals surface area contributed by atoms with Gasteiger partial charge in [0, 0.05) is 7.11 Å². The summed E-state index contributed by atoms with van der Waals surface area (Å²) >= 11 is 0. The van der Waals surface area contributed by atoms with Crippen LogP contribution in [0.4, 0.5) is 0 Å². The lowest BCUT2D eigenvalue weighted by molar-refractivity contribution is -0.145. The van der Waals surface area contributed by atoms with Crippen LogP contribution in [0.1, 0.15) is 25.5 Å². The Hall–Kier alpha value is -1.88. The van der Waals surface area contributed by atoms with Gasteiger partial charge in [0.2, 0.25) is 0 Å². The third kappa shape index (κ3) is 4.06. The average molecular weight is 265 g/mol. The number of benzene rings is 1. The van der Waals surface area contributed by atoms with Crippen LogP contribution in [0.25, 0.3) is 0 Å². The van der Waals surface area contributed by atoms with Gasteiger partial charge in [-0.25, -0.2) is 4.79 Å². The molecule has 1 rings (SSSR count). The van der Waals surface area contributed by atoms with Gasteiger partial charge in [0.15, 0.2) is 6.10 Å². The Morgan fingerprint density at radius 3 is 2.21 bits per heavy atom. The zero-order valence-electron chi connectivity index (χ0n) is 11.3. The van der Waals surface area contributed by atoms with Crippen molar-refractivity contribution < 1.29 is 19.4 Å². The Bertz CT molecular complexity index is 430. The topological polar surface area (TPSA) is 75.6 Å². The van der Waals surface area contributed by atoms with Crippen LogP contribution in [0, 0.1) is 5.92 Å². The second-order valence-electron chi connectivity index (χ2n) is 4.59. The number of carboxylic acids is 1. The molecule has 0 unspecified atom stereocenters. The molecular formula is C14H19NO4. The molecule has 104 valence electrons. The maximum absolute atomic E-state index is 12.1. The summed E-state index contributed by atoms with van der Waals surface area (Å²) in [7, 11) is 1.42. The van der Waals surface area contributed by atoms with E-state index >= 15 is 0 Å². The molecule has 0 aliphatic rings. The summed E-state index contributed by atoms with van der Waals surface area (Å²) in [4.78, 5) is 23.2. The number of aliphatic carboxylic acids is 1. The van der Waals surface area contributed by atoms with Gasteiger partial charge >= 0.3 is 5.97 Å². The van der Waals surface area contributed by atoms with Gasteiger partial charge in [0.25, 0.3) is 5.91 Å². The van der Waals surface area contributed by atoms with Gasteiger partial charge in [0.05, 0.1) is 0 Å². The lowest BCUT2D eigenvalue weighted by atomic mass is 10.0. The largest absolute Gasteiger partial charge is 0.480 e. The Morgan fingerprint density at radius 2 is 1.79 bits per heavy atom. The van der Waals surface area contributed by atoms with E-state index in [9.17, 15) is 9.59 Å². The van der Waals surface area contributed by atoms with Gasteiger partial charge in [-0.2, -0.15) is 0 Å². The van der Waals surface area contributed by atoms with Crippen molar-refractivity contribution >= 4 is 11.9 Å². The van der Waals surface area contributed by atoms with Gasteiger partial charge < -0.3 is 15.2 Å². The minimum Gasteiger partial charge on any atom is -0.480 e. The van der Waals surface area contributed by atoms with Crippen LogP contribution in [-0.4, -0.2) is 30.1 Å². The molecule has 1 amide bonds. The molecule has 0 radical (unpaired) electrons. The summed E-state index contributed by atoms with van der Waals surface area (Å²) in [5, 5.41) is 11.6. The number of methoxy groups -OCH3 is 1. The number of hydrogen-bond acceptors (Lipinski definition) is 3. The maximum Gasteiger partial charge on any atom is 0.326 e. The number of carbonyl (C=O) groups excluding carboxylic acids is 1. The van der Waals surface area contributed by atoms with Crippen molar-refractivity contribution in [3.8, 4) is 0 Å². The number of carboxylic acid groups (broad SMARTS) is 1. The summed E-state index contributed by atoms with van der Waals surface area (Å²) in [6.45, 7) is 3.48. The zero-order valence-corrected chi connectivity index (χ0v) is 11.3. The van der Waals surface area contributed by atoms with Crippen LogP contribution in [0.15, 0.2) is 30.3 Å². The average Bonchev–Trinajstić information content (AvgIpc) is 2.37. The minimum atomic E-state index is -1.05. The van der Waals surface area contributed by atoms with Crippen LogP contribution in [0.2, 0.25) is 0 Å². The highest BCUT2D eigenvalue weighted by Crippen LogP contribution is 2.17. The lowest BCUT2D eigenvalue weighted by Crippen LogP contribution is -2.46. The highest BCUT2D eigenvalue weighted by Gasteiger charge is 2.28. The molecule has 2 N–H and O–H groups in total. The summed E-state index contributed by atoms with van der Waals surface area (Å²) in [5.74, 6) is -1.70. The summed E-state index contributed by atoms with van der Waals surface area (Å²) in [6.07, 6.45) is -0.804. The van der Waals surface area contributed by atoms with Gasteiger partial charge in [-0.3, -0.25) is 4.79 Å². The summed E-state index contributed by atoms with van der Waals surface area (Å²) < 4.78 is 5.15. The van der Waals surface area contributed by atoms with Crippen LogP contribution in [-0.2, 0) is 14.3 Å². The number of hydrogen-bond donors (Lipinski definition) is 2. The molecule has 0 saturated heterocycles. The maximum atomic E-state index is 12.1. The van der Waals surface area contributed by atoms with E-state index in [0.717, 1.165) is 0 Å². The molecule has 1 aromatic carbocycles. The normalized spacial score (nSPS) is 13.9. The molecule has 5 nitrogen and oxygen atoms in total. The first kappa shape index (κ1) is 15.2. The van der Waals surface area contributed by atoms with Crippen molar-refractivity contribution in [1.82, 2.24) is 5.32 Å². The van der Waals surface area contributed by atoms with Gasteiger partial charge in [-0.05, 0) is 11.5 Å². The first-order valence-electron chi connectivity index (χ1n) is 6.08. The van der Waals surface area contributed by atoms with Crippen LogP contribution < -0.4 is 5.32 Å². The first-order chi connectivity index (χ1) is 8.97. The minimum absolute atomic E-state index is 0.199. The molecule has 0 fully saturated rings. The van der Waals surface area contributed by atoms with Crippen molar-refractivity contribution in [3.05, 3.63) is 35.9 Å². The van der Waals surface area contributed by atoms with Crippen LogP contribution in [0.5, 0.6) is 0 Å². The molecule has 0 saturated carbocycles. The predicted octanol–water partition coefficient (Wildman–Crippen LogP) is 1.60. The van der Waals surface area contributed by atoms with E-state index < -0.39 is 24.0 Å². The Balaban J connectivity index is 2.83. The molecule has 0 bridgehead atoms. The van der Waals surface area contributed by atoms with Crippen molar-refractivity contribution in [2.45, 2.75) is 26.0 Å². The predicted molar refractivity (Wildman–Crippen MR) is 70.6 cm³/mol. The van der Waals surface area contributed by atoms with Crippen molar-refractivity contribution in [2.24, 2.45) is 5.92 Å². The Morgan fingerprint density at radius 1 is 1.21 bits per heavy atom. The number of carbonyl (C=O) groups is 2. The SMILES string of the molecule is CO[C@H](C(=O)N[C@@H](C(=O)O)C(C)C)c1ccccc1. The van der Waals surface area contributed by atoms with Crippen molar-refractivity contribution in [2.75, 3.05) is 7.11 Å². The van der Waals surface area contributed by atoms with E-state index in [4.69, 9.17) is 9.84 Å². The Kier molecular flexibility index (Phi) is 5.51. The van der Waals surface area contributed by atoms with E-state index in [-0.39, 0.29) is 5.92 Å².